The molecule has 0 N–H and O–H groups in total. The van der Waals surface area contributed by atoms with E-state index in [0.29, 0.717) is 19.5 Å². The van der Waals surface area contributed by atoms with Gasteiger partial charge < -0.3 is 4.90 Å². The number of pyridine rings is 1. The third kappa shape index (κ3) is 4.50. The average Bonchev–Trinajstić information content (AvgIpc) is 3.19. The Labute approximate surface area is 147 Å². The summed E-state index contributed by atoms with van der Waals surface area (Å²) in [6, 6.07) is 15.7. The molecule has 1 amide bonds. The summed E-state index contributed by atoms with van der Waals surface area (Å²) in [5.41, 5.74) is 1.98. The molecule has 1 atom stereocenters. The van der Waals surface area contributed by atoms with E-state index in [1.54, 1.807) is 17.2 Å². The Morgan fingerprint density at radius 1 is 1.16 bits per heavy atom. The topological polar surface area (TPSA) is 63.9 Å². The van der Waals surface area contributed by atoms with Gasteiger partial charge in [-0.15, -0.1) is 0 Å². The predicted octanol–water partition coefficient (Wildman–Crippen LogP) is 2.85. The van der Waals surface area contributed by atoms with Gasteiger partial charge in [0.15, 0.2) is 0 Å². The second-order valence-corrected chi connectivity index (χ2v) is 5.85. The van der Waals surface area contributed by atoms with Crippen LogP contribution in [-0.4, -0.2) is 30.6 Å². The Balaban J connectivity index is 1.76. The fraction of sp³-hybridized carbons (Fsp3) is 0.263. The maximum Gasteiger partial charge on any atom is 0.225 e. The molecule has 0 aliphatic heterocycles. The lowest BCUT2D eigenvalue weighted by molar-refractivity contribution is -0.134. The standard InChI is InChI=1S/C19H21N5O/c1-16(18-9-5-6-11-21-18)24(13-17-7-3-2-4-8-17)19(25)10-12-23-15-20-14-22-23/h2-9,11,14-16H,10,12-13H2,1H3/t16-/m0/s1. The van der Waals surface area contributed by atoms with E-state index in [9.17, 15) is 4.79 Å². The van der Waals surface area contributed by atoms with Crippen LogP contribution in [0.1, 0.15) is 30.6 Å². The fourth-order valence-corrected chi connectivity index (χ4v) is 2.71. The van der Waals surface area contributed by atoms with Crippen molar-refractivity contribution in [1.29, 1.82) is 0 Å². The molecular formula is C19H21N5O. The summed E-state index contributed by atoms with van der Waals surface area (Å²) in [6.07, 6.45) is 5.22. The van der Waals surface area contributed by atoms with Crippen LogP contribution in [0.4, 0.5) is 0 Å². The van der Waals surface area contributed by atoms with Crippen LogP contribution in [0.5, 0.6) is 0 Å². The zero-order chi connectivity index (χ0) is 17.5. The van der Waals surface area contributed by atoms with E-state index in [0.717, 1.165) is 11.3 Å². The summed E-state index contributed by atoms with van der Waals surface area (Å²) in [5.74, 6) is 0.0671. The monoisotopic (exact) mass is 335 g/mol. The molecule has 6 nitrogen and oxygen atoms in total. The van der Waals surface area contributed by atoms with E-state index in [2.05, 4.69) is 15.1 Å². The Morgan fingerprint density at radius 3 is 2.64 bits per heavy atom. The van der Waals surface area contributed by atoms with Crippen LogP contribution < -0.4 is 0 Å². The molecule has 2 heterocycles. The van der Waals surface area contributed by atoms with Crippen molar-refractivity contribution in [2.45, 2.75) is 32.5 Å². The van der Waals surface area contributed by atoms with Gasteiger partial charge in [0.2, 0.25) is 5.91 Å². The van der Waals surface area contributed by atoms with Crippen LogP contribution in [0.15, 0.2) is 67.4 Å². The number of rotatable bonds is 7. The number of nitrogens with zero attached hydrogens (tertiary/aromatic N) is 5. The summed E-state index contributed by atoms with van der Waals surface area (Å²) in [6.45, 7) is 3.08. The Morgan fingerprint density at radius 2 is 1.96 bits per heavy atom. The van der Waals surface area contributed by atoms with Gasteiger partial charge in [-0.25, -0.2) is 4.98 Å². The highest BCUT2D eigenvalue weighted by Crippen LogP contribution is 2.21. The number of carbonyl (C=O) groups excluding carboxylic acids is 1. The van der Waals surface area contributed by atoms with E-state index in [-0.39, 0.29) is 11.9 Å². The van der Waals surface area contributed by atoms with Crippen LogP contribution >= 0.6 is 0 Å². The largest absolute Gasteiger partial charge is 0.330 e. The van der Waals surface area contributed by atoms with Crippen molar-refractivity contribution >= 4 is 5.91 Å². The first kappa shape index (κ1) is 16.8. The SMILES string of the molecule is C[C@@H](c1ccccn1)N(Cc1ccccc1)C(=O)CCn1cncn1. The summed E-state index contributed by atoms with van der Waals surface area (Å²) in [4.78, 5) is 23.1. The van der Waals surface area contributed by atoms with Gasteiger partial charge in [0, 0.05) is 19.2 Å². The van der Waals surface area contributed by atoms with Gasteiger partial charge in [-0.1, -0.05) is 36.4 Å². The summed E-state index contributed by atoms with van der Waals surface area (Å²) in [5, 5.41) is 4.06. The van der Waals surface area contributed by atoms with Gasteiger partial charge >= 0.3 is 0 Å². The average molecular weight is 335 g/mol. The van der Waals surface area contributed by atoms with E-state index in [1.807, 2.05) is 60.4 Å². The lowest BCUT2D eigenvalue weighted by Gasteiger charge is -2.29. The first-order chi connectivity index (χ1) is 12.2. The van der Waals surface area contributed by atoms with Crippen molar-refractivity contribution in [2.24, 2.45) is 0 Å². The highest BCUT2D eigenvalue weighted by Gasteiger charge is 2.22. The van der Waals surface area contributed by atoms with Crippen molar-refractivity contribution in [2.75, 3.05) is 0 Å². The van der Waals surface area contributed by atoms with Gasteiger partial charge in [-0.05, 0) is 24.6 Å². The molecule has 2 aromatic heterocycles. The minimum atomic E-state index is -0.107. The zero-order valence-electron chi connectivity index (χ0n) is 14.2. The van der Waals surface area contributed by atoms with Crippen molar-refractivity contribution < 1.29 is 4.79 Å². The molecule has 0 bridgehead atoms. The normalized spacial score (nSPS) is 11.9. The molecule has 1 aromatic carbocycles. The van der Waals surface area contributed by atoms with Gasteiger partial charge in [0.05, 0.1) is 18.3 Å². The summed E-state index contributed by atoms with van der Waals surface area (Å²) >= 11 is 0. The van der Waals surface area contributed by atoms with E-state index >= 15 is 0 Å². The van der Waals surface area contributed by atoms with Crippen LogP contribution in [0, 0.1) is 0 Å². The van der Waals surface area contributed by atoms with Crippen molar-refractivity contribution in [3.05, 3.63) is 78.6 Å². The first-order valence-corrected chi connectivity index (χ1v) is 8.31. The molecule has 3 aromatic rings. The quantitative estimate of drug-likeness (QED) is 0.666. The summed E-state index contributed by atoms with van der Waals surface area (Å²) in [7, 11) is 0. The molecule has 25 heavy (non-hydrogen) atoms. The molecule has 0 aliphatic carbocycles. The molecule has 0 aliphatic rings. The second kappa shape index (κ2) is 8.19. The van der Waals surface area contributed by atoms with E-state index < -0.39 is 0 Å². The summed E-state index contributed by atoms with van der Waals surface area (Å²) < 4.78 is 1.67. The Bertz CT molecular complexity index is 774. The molecular weight excluding hydrogens is 314 g/mol. The van der Waals surface area contributed by atoms with Crippen molar-refractivity contribution in [3.63, 3.8) is 0 Å². The van der Waals surface area contributed by atoms with Crippen LogP contribution in [-0.2, 0) is 17.9 Å². The number of amides is 1. The molecule has 0 saturated carbocycles. The zero-order valence-corrected chi connectivity index (χ0v) is 14.2. The predicted molar refractivity (Wildman–Crippen MR) is 94.3 cm³/mol. The third-order valence-corrected chi connectivity index (χ3v) is 4.12. The van der Waals surface area contributed by atoms with Gasteiger partial charge in [0.1, 0.15) is 12.7 Å². The molecule has 0 fully saturated rings. The van der Waals surface area contributed by atoms with Gasteiger partial charge in [-0.3, -0.25) is 14.5 Å². The van der Waals surface area contributed by atoms with Crippen molar-refractivity contribution in [3.8, 4) is 0 Å². The smallest absolute Gasteiger partial charge is 0.225 e. The minimum absolute atomic E-state index is 0.0671. The van der Waals surface area contributed by atoms with Crippen LogP contribution in [0.2, 0.25) is 0 Å². The number of carbonyl (C=O) groups is 1. The van der Waals surface area contributed by atoms with Crippen LogP contribution in [0.25, 0.3) is 0 Å². The molecule has 0 unspecified atom stereocenters. The number of aromatic nitrogens is 4. The van der Waals surface area contributed by atoms with Crippen molar-refractivity contribution in [1.82, 2.24) is 24.6 Å². The number of hydrogen-bond acceptors (Lipinski definition) is 4. The molecule has 3 rings (SSSR count). The molecule has 0 radical (unpaired) electrons. The molecule has 0 spiro atoms. The highest BCUT2D eigenvalue weighted by molar-refractivity contribution is 5.76. The van der Waals surface area contributed by atoms with Gasteiger partial charge in [0.25, 0.3) is 0 Å². The van der Waals surface area contributed by atoms with Crippen LogP contribution in [0.3, 0.4) is 0 Å². The molecule has 0 saturated heterocycles. The van der Waals surface area contributed by atoms with E-state index in [4.69, 9.17) is 0 Å². The molecule has 128 valence electrons. The Hall–Kier alpha value is -3.02. The Kier molecular flexibility index (Phi) is 5.51. The lowest BCUT2D eigenvalue weighted by Crippen LogP contribution is -2.34. The lowest BCUT2D eigenvalue weighted by atomic mass is 10.1. The molecule has 6 heteroatoms. The number of aryl methyl sites for hydroxylation is 1. The second-order valence-electron chi connectivity index (χ2n) is 5.85. The number of benzene rings is 1. The maximum absolute atomic E-state index is 12.9. The first-order valence-electron chi connectivity index (χ1n) is 8.31. The minimum Gasteiger partial charge on any atom is -0.330 e. The van der Waals surface area contributed by atoms with E-state index in [1.165, 1.54) is 6.33 Å². The number of hydrogen-bond donors (Lipinski definition) is 0. The highest BCUT2D eigenvalue weighted by atomic mass is 16.2. The maximum atomic E-state index is 12.9. The third-order valence-electron chi connectivity index (χ3n) is 4.12. The van der Waals surface area contributed by atoms with Gasteiger partial charge in [-0.2, -0.15) is 5.10 Å². The fourth-order valence-electron chi connectivity index (χ4n) is 2.71.